The Hall–Kier alpha value is -3.95. The van der Waals surface area contributed by atoms with Crippen molar-refractivity contribution in [3.8, 4) is 28.0 Å². The molecule has 1 aliphatic heterocycles. The third-order valence-electron chi connectivity index (χ3n) is 6.16. The fourth-order valence-electron chi connectivity index (χ4n) is 4.34. The number of benzene rings is 4. The number of anilines is 1. The van der Waals surface area contributed by atoms with Crippen LogP contribution in [0.15, 0.2) is 95.9 Å². The zero-order valence-electron chi connectivity index (χ0n) is 20.1. The van der Waals surface area contributed by atoms with Gasteiger partial charge in [0.25, 0.3) is 5.91 Å². The molecule has 0 saturated heterocycles. The van der Waals surface area contributed by atoms with Crippen molar-refractivity contribution in [2.45, 2.75) is 18.4 Å². The average molecular weight is 512 g/mol. The molecule has 0 bridgehead atoms. The van der Waals surface area contributed by atoms with Crippen LogP contribution in [0.25, 0.3) is 22.3 Å². The zero-order valence-corrected chi connectivity index (χ0v) is 21.0. The molecule has 0 aliphatic carbocycles. The number of ether oxygens (including phenoxy) is 1. The molecule has 0 aromatic heterocycles. The topological polar surface area (TPSA) is 97.9 Å². The van der Waals surface area contributed by atoms with Gasteiger partial charge in [-0.25, -0.2) is 0 Å². The summed E-state index contributed by atoms with van der Waals surface area (Å²) in [6.45, 7) is 2.17. The number of hydrogen-bond acceptors (Lipinski definition) is 7. The minimum atomic E-state index is -0.112. The Labute approximate surface area is 219 Å². The molecule has 5 rings (SSSR count). The number of rotatable bonds is 8. The van der Waals surface area contributed by atoms with E-state index in [-0.39, 0.29) is 12.5 Å². The summed E-state index contributed by atoms with van der Waals surface area (Å²) in [5, 5.41) is 7.95. The van der Waals surface area contributed by atoms with E-state index in [1.165, 1.54) is 0 Å². The molecule has 0 atom stereocenters. The SMILES string of the molecule is CC(=N)c1cccc(-c2cccc(CN3C(=O)COc4ccc(-c5ccccc5SOON)cc43)c2)c1. The number of fused-ring (bicyclic) bond motifs is 1. The van der Waals surface area contributed by atoms with E-state index in [4.69, 9.17) is 20.4 Å². The van der Waals surface area contributed by atoms with Crippen LogP contribution in [0.1, 0.15) is 18.1 Å². The molecule has 1 aliphatic rings. The molecule has 0 radical (unpaired) electrons. The first-order valence-corrected chi connectivity index (χ1v) is 12.4. The molecule has 0 unspecified atom stereocenters. The summed E-state index contributed by atoms with van der Waals surface area (Å²) < 4.78 is 10.6. The molecule has 4 aromatic rings. The Bertz CT molecular complexity index is 1470. The van der Waals surface area contributed by atoms with E-state index in [9.17, 15) is 4.79 Å². The van der Waals surface area contributed by atoms with Crippen LogP contribution >= 0.6 is 12.0 Å². The van der Waals surface area contributed by atoms with Gasteiger partial charge in [-0.3, -0.25) is 4.79 Å². The molecule has 37 heavy (non-hydrogen) atoms. The lowest BCUT2D eigenvalue weighted by Gasteiger charge is -2.30. The lowest BCUT2D eigenvalue weighted by Crippen LogP contribution is -2.38. The van der Waals surface area contributed by atoms with Gasteiger partial charge < -0.3 is 15.0 Å². The first-order valence-electron chi connectivity index (χ1n) is 11.6. The standard InChI is InChI=1S/C29H25N3O4S/c1-19(30)21-7-5-9-23(15-21)22-8-4-6-20(14-22)17-32-26-16-24(12-13-27(26)34-18-29(32)33)25-10-2-3-11-28(25)37-36-35-31/h2-16,30H,17-18,31H2,1H3. The summed E-state index contributed by atoms with van der Waals surface area (Å²) in [6, 6.07) is 29.5. The minimum Gasteiger partial charge on any atom is -0.482 e. The van der Waals surface area contributed by atoms with Crippen molar-refractivity contribution in [1.82, 2.24) is 0 Å². The zero-order chi connectivity index (χ0) is 25.8. The normalized spacial score (nSPS) is 12.7. The number of hydrogen-bond donors (Lipinski definition) is 2. The predicted molar refractivity (Wildman–Crippen MR) is 145 cm³/mol. The number of carbonyl (C=O) groups excluding carboxylic acids is 1. The highest BCUT2D eigenvalue weighted by Crippen LogP contribution is 2.39. The molecule has 1 heterocycles. The maximum Gasteiger partial charge on any atom is 0.265 e. The van der Waals surface area contributed by atoms with E-state index in [2.05, 4.69) is 11.1 Å². The maximum absolute atomic E-state index is 13.0. The van der Waals surface area contributed by atoms with E-state index in [1.807, 2.05) is 84.9 Å². The lowest BCUT2D eigenvalue weighted by molar-refractivity contribution is -0.195. The molecule has 186 valence electrons. The first kappa shape index (κ1) is 24.7. The Balaban J connectivity index is 1.47. The number of amides is 1. The van der Waals surface area contributed by atoms with Crippen LogP contribution in [0.4, 0.5) is 5.69 Å². The van der Waals surface area contributed by atoms with Crippen molar-refractivity contribution < 1.29 is 18.9 Å². The highest BCUT2D eigenvalue weighted by atomic mass is 32.2. The van der Waals surface area contributed by atoms with Crippen LogP contribution in [-0.4, -0.2) is 18.2 Å². The van der Waals surface area contributed by atoms with Crippen LogP contribution in [0.5, 0.6) is 5.75 Å². The summed E-state index contributed by atoms with van der Waals surface area (Å²) in [5.74, 6) is 5.56. The van der Waals surface area contributed by atoms with Crippen molar-refractivity contribution in [1.29, 1.82) is 5.41 Å². The second kappa shape index (κ2) is 11.0. The summed E-state index contributed by atoms with van der Waals surface area (Å²) >= 11 is 1.01. The second-order valence-corrected chi connectivity index (χ2v) is 9.34. The number of nitrogens with one attached hydrogen (secondary N) is 1. The van der Waals surface area contributed by atoms with Gasteiger partial charge in [0.05, 0.1) is 24.3 Å². The van der Waals surface area contributed by atoms with Crippen LogP contribution in [-0.2, 0) is 20.7 Å². The summed E-state index contributed by atoms with van der Waals surface area (Å²) in [5.41, 5.74) is 6.97. The second-order valence-electron chi connectivity index (χ2n) is 8.60. The van der Waals surface area contributed by atoms with Crippen molar-refractivity contribution in [3.05, 3.63) is 102 Å². The highest BCUT2D eigenvalue weighted by molar-refractivity contribution is 7.94. The average Bonchev–Trinajstić information content (AvgIpc) is 2.93. The summed E-state index contributed by atoms with van der Waals surface area (Å²) in [6.07, 6.45) is 0. The van der Waals surface area contributed by atoms with Gasteiger partial charge in [0.15, 0.2) is 6.61 Å². The van der Waals surface area contributed by atoms with Gasteiger partial charge in [-0.1, -0.05) is 60.7 Å². The number of carbonyl (C=O) groups is 1. The first-order chi connectivity index (χ1) is 18.0. The van der Waals surface area contributed by atoms with E-state index < -0.39 is 0 Å². The monoisotopic (exact) mass is 511 g/mol. The van der Waals surface area contributed by atoms with Crippen molar-refractivity contribution in [2.24, 2.45) is 5.90 Å². The molecular formula is C29H25N3O4S. The van der Waals surface area contributed by atoms with Gasteiger partial charge in [-0.2, -0.15) is 5.90 Å². The van der Waals surface area contributed by atoms with Gasteiger partial charge in [-0.05, 0) is 70.6 Å². The van der Waals surface area contributed by atoms with Crippen LogP contribution < -0.4 is 15.5 Å². The molecular weight excluding hydrogens is 486 g/mol. The van der Waals surface area contributed by atoms with Gasteiger partial charge in [0, 0.05) is 10.6 Å². The van der Waals surface area contributed by atoms with Crippen molar-refractivity contribution >= 4 is 29.3 Å². The van der Waals surface area contributed by atoms with Crippen molar-refractivity contribution in [2.75, 3.05) is 11.5 Å². The molecule has 1 amide bonds. The van der Waals surface area contributed by atoms with E-state index >= 15 is 0 Å². The van der Waals surface area contributed by atoms with E-state index in [0.717, 1.165) is 50.3 Å². The lowest BCUT2D eigenvalue weighted by atomic mass is 9.99. The van der Waals surface area contributed by atoms with Crippen LogP contribution in [0, 0.1) is 5.41 Å². The fourth-order valence-corrected chi connectivity index (χ4v) is 4.86. The third kappa shape index (κ3) is 5.42. The Morgan fingerprint density at radius 2 is 1.76 bits per heavy atom. The highest BCUT2D eigenvalue weighted by Gasteiger charge is 2.26. The molecule has 3 N–H and O–H groups in total. The Morgan fingerprint density at radius 1 is 0.973 bits per heavy atom. The quantitative estimate of drug-likeness (QED) is 0.127. The van der Waals surface area contributed by atoms with Crippen LogP contribution in [0.3, 0.4) is 0 Å². The van der Waals surface area contributed by atoms with Gasteiger partial charge >= 0.3 is 0 Å². The Morgan fingerprint density at radius 3 is 2.57 bits per heavy atom. The molecule has 0 fully saturated rings. The molecule has 0 saturated carbocycles. The van der Waals surface area contributed by atoms with E-state index in [1.54, 1.807) is 11.8 Å². The van der Waals surface area contributed by atoms with Crippen LogP contribution in [0.2, 0.25) is 0 Å². The molecule has 8 heteroatoms. The fraction of sp³-hybridized carbons (Fsp3) is 0.103. The summed E-state index contributed by atoms with van der Waals surface area (Å²) in [4.78, 5) is 19.9. The molecule has 7 nitrogen and oxygen atoms in total. The maximum atomic E-state index is 13.0. The summed E-state index contributed by atoms with van der Waals surface area (Å²) in [7, 11) is 0. The van der Waals surface area contributed by atoms with Gasteiger partial charge in [0.1, 0.15) is 5.75 Å². The smallest absolute Gasteiger partial charge is 0.265 e. The van der Waals surface area contributed by atoms with Gasteiger partial charge in [-0.15, -0.1) is 9.32 Å². The predicted octanol–water partition coefficient (Wildman–Crippen LogP) is 6.16. The van der Waals surface area contributed by atoms with Gasteiger partial charge in [0.2, 0.25) is 0 Å². The molecule has 4 aromatic carbocycles. The molecule has 0 spiro atoms. The number of nitrogens with zero attached hydrogens (tertiary/aromatic N) is 1. The minimum absolute atomic E-state index is 0.0131. The van der Waals surface area contributed by atoms with Crippen molar-refractivity contribution in [3.63, 3.8) is 0 Å². The Kier molecular flexibility index (Phi) is 7.34. The largest absolute Gasteiger partial charge is 0.482 e. The number of nitrogens with two attached hydrogens (primary N) is 1. The van der Waals surface area contributed by atoms with E-state index in [0.29, 0.717) is 23.7 Å². The third-order valence-corrected chi connectivity index (χ3v) is 6.84.